The fourth-order valence-electron chi connectivity index (χ4n) is 2.27. The smallest absolute Gasteiger partial charge is 0.166 e. The fourth-order valence-corrected chi connectivity index (χ4v) is 3.17. The van der Waals surface area contributed by atoms with Crippen LogP contribution in [0.2, 0.25) is 0 Å². The minimum Gasteiger partial charge on any atom is -0.166 e. The van der Waals surface area contributed by atoms with E-state index in [2.05, 4.69) is 0 Å². The highest BCUT2D eigenvalue weighted by molar-refractivity contribution is 7.99. The van der Waals surface area contributed by atoms with E-state index in [1.165, 1.54) is 0 Å². The molecule has 13 heteroatoms. The van der Waals surface area contributed by atoms with E-state index in [9.17, 15) is 52.7 Å². The monoisotopic (exact) mass is 458 g/mol. The molecular weight excluding hydrogens is 452 g/mol. The molecule has 2 aromatic rings. The second kappa shape index (κ2) is 7.33. The van der Waals surface area contributed by atoms with Crippen LogP contribution in [0.3, 0.4) is 0 Å². The Kier molecular flexibility index (Phi) is 5.87. The molecule has 29 heavy (non-hydrogen) atoms. The summed E-state index contributed by atoms with van der Waals surface area (Å²) < 4.78 is 154. The van der Waals surface area contributed by atoms with Crippen LogP contribution in [0.4, 0.5) is 52.7 Å². The summed E-state index contributed by atoms with van der Waals surface area (Å²) in [6.45, 7) is 0. The average molecular weight is 458 g/mol. The van der Waals surface area contributed by atoms with E-state index in [4.69, 9.17) is 0 Å². The molecule has 0 aromatic heterocycles. The fraction of sp³-hybridized carbons (Fsp3) is 0.250. The molecule has 0 bridgehead atoms. The zero-order valence-corrected chi connectivity index (χ0v) is 14.2. The van der Waals surface area contributed by atoms with Crippen molar-refractivity contribution in [3.05, 3.63) is 58.7 Å². The van der Waals surface area contributed by atoms with Crippen LogP contribution in [0.5, 0.6) is 0 Å². The Morgan fingerprint density at radius 2 is 0.690 bits per heavy atom. The number of hydrogen-bond acceptors (Lipinski definition) is 1. The summed E-state index contributed by atoms with van der Waals surface area (Å²) in [6, 6.07) is 1.48. The van der Waals surface area contributed by atoms with Gasteiger partial charge in [0.25, 0.3) is 0 Å². The van der Waals surface area contributed by atoms with Crippen LogP contribution in [-0.4, -0.2) is 0 Å². The van der Waals surface area contributed by atoms with Gasteiger partial charge in [-0.25, -0.2) is 0 Å². The molecule has 0 aliphatic heterocycles. The Morgan fingerprint density at radius 1 is 0.414 bits per heavy atom. The van der Waals surface area contributed by atoms with Gasteiger partial charge in [0.05, 0.1) is 22.3 Å². The van der Waals surface area contributed by atoms with Gasteiger partial charge in [-0.15, -0.1) is 0 Å². The maximum absolute atomic E-state index is 12.9. The first kappa shape index (κ1) is 23.2. The number of alkyl halides is 12. The van der Waals surface area contributed by atoms with E-state index in [1.54, 1.807) is 0 Å². The quantitative estimate of drug-likeness (QED) is 0.412. The molecule has 0 amide bonds. The van der Waals surface area contributed by atoms with Crippen molar-refractivity contribution in [1.82, 2.24) is 0 Å². The summed E-state index contributed by atoms with van der Waals surface area (Å²) in [5, 5.41) is 0. The highest BCUT2D eigenvalue weighted by atomic mass is 32.2. The van der Waals surface area contributed by atoms with Gasteiger partial charge in [-0.2, -0.15) is 52.7 Å². The van der Waals surface area contributed by atoms with Crippen molar-refractivity contribution in [3.63, 3.8) is 0 Å². The second-order valence-electron chi connectivity index (χ2n) is 5.51. The SMILES string of the molecule is FC(F)(F)c1ccc(Sc2ccc(C(F)(F)F)c(C(F)(F)F)c2)cc1C(F)(F)F. The normalized spacial score (nSPS) is 13.7. The lowest BCUT2D eigenvalue weighted by atomic mass is 10.1. The average Bonchev–Trinajstić information content (AvgIpc) is 2.51. The lowest BCUT2D eigenvalue weighted by Crippen LogP contribution is -2.16. The van der Waals surface area contributed by atoms with Gasteiger partial charge in [0.1, 0.15) is 0 Å². The molecule has 0 saturated heterocycles. The lowest BCUT2D eigenvalue weighted by Gasteiger charge is -2.18. The summed E-state index contributed by atoms with van der Waals surface area (Å²) in [6.07, 6.45) is -21.5. The second-order valence-corrected chi connectivity index (χ2v) is 6.65. The first-order valence-corrected chi connectivity index (χ1v) is 7.97. The Bertz CT molecular complexity index is 813. The molecule has 0 N–H and O–H groups in total. The van der Waals surface area contributed by atoms with Crippen molar-refractivity contribution in [2.75, 3.05) is 0 Å². The van der Waals surface area contributed by atoms with Gasteiger partial charge in [0.2, 0.25) is 0 Å². The van der Waals surface area contributed by atoms with E-state index in [0.29, 0.717) is 12.1 Å². The highest BCUT2D eigenvalue weighted by Crippen LogP contribution is 2.45. The number of hydrogen-bond donors (Lipinski definition) is 0. The highest BCUT2D eigenvalue weighted by Gasteiger charge is 2.44. The van der Waals surface area contributed by atoms with Crippen molar-refractivity contribution < 1.29 is 52.7 Å². The standard InChI is InChI=1S/C16H6F12S/c17-13(18,19)9-3-1-7(5-11(9)15(23,24)25)29-8-2-4-10(14(20,21)22)12(6-8)16(26,27)28/h1-6H. The molecule has 0 nitrogen and oxygen atoms in total. The molecule has 0 aliphatic carbocycles. The van der Waals surface area contributed by atoms with Crippen molar-refractivity contribution >= 4 is 11.8 Å². The van der Waals surface area contributed by atoms with E-state index >= 15 is 0 Å². The molecule has 0 atom stereocenters. The molecule has 0 heterocycles. The van der Waals surface area contributed by atoms with Crippen LogP contribution < -0.4 is 0 Å². The van der Waals surface area contributed by atoms with Gasteiger partial charge < -0.3 is 0 Å². The van der Waals surface area contributed by atoms with Gasteiger partial charge in [-0.05, 0) is 36.4 Å². The van der Waals surface area contributed by atoms with Crippen LogP contribution in [0.1, 0.15) is 22.3 Å². The van der Waals surface area contributed by atoms with Gasteiger partial charge in [-0.1, -0.05) is 11.8 Å². The molecule has 0 saturated carbocycles. The third-order valence-electron chi connectivity index (χ3n) is 3.44. The van der Waals surface area contributed by atoms with Crippen LogP contribution >= 0.6 is 11.8 Å². The minimum absolute atomic E-state index is 0.0679. The molecule has 0 spiro atoms. The largest absolute Gasteiger partial charge is 0.417 e. The van der Waals surface area contributed by atoms with E-state index < -0.39 is 56.7 Å². The van der Waals surface area contributed by atoms with E-state index in [-0.39, 0.29) is 36.0 Å². The van der Waals surface area contributed by atoms with Gasteiger partial charge in [0.15, 0.2) is 0 Å². The third kappa shape index (κ3) is 5.52. The van der Waals surface area contributed by atoms with Crippen LogP contribution in [0, 0.1) is 0 Å². The Labute approximate surface area is 158 Å². The summed E-state index contributed by atoms with van der Waals surface area (Å²) in [5.41, 5.74) is -8.15. The summed E-state index contributed by atoms with van der Waals surface area (Å²) in [7, 11) is 0. The molecule has 0 unspecified atom stereocenters. The Balaban J connectivity index is 2.52. The van der Waals surface area contributed by atoms with E-state index in [1.807, 2.05) is 0 Å². The van der Waals surface area contributed by atoms with Crippen LogP contribution in [0.15, 0.2) is 46.2 Å². The summed E-state index contributed by atoms with van der Waals surface area (Å²) in [5.74, 6) is 0. The van der Waals surface area contributed by atoms with E-state index in [0.717, 1.165) is 0 Å². The summed E-state index contributed by atoms with van der Waals surface area (Å²) in [4.78, 5) is -1.09. The maximum atomic E-state index is 12.9. The molecule has 0 radical (unpaired) electrons. The number of halogens is 12. The predicted molar refractivity (Wildman–Crippen MR) is 77.0 cm³/mol. The van der Waals surface area contributed by atoms with Crippen molar-refractivity contribution in [3.8, 4) is 0 Å². The Morgan fingerprint density at radius 3 is 0.931 bits per heavy atom. The molecular formula is C16H6F12S. The van der Waals surface area contributed by atoms with Crippen LogP contribution in [-0.2, 0) is 24.7 Å². The topological polar surface area (TPSA) is 0 Å². The number of benzene rings is 2. The lowest BCUT2D eigenvalue weighted by molar-refractivity contribution is -0.162. The van der Waals surface area contributed by atoms with Gasteiger partial charge >= 0.3 is 24.7 Å². The molecule has 2 rings (SSSR count). The first-order chi connectivity index (χ1) is 12.9. The maximum Gasteiger partial charge on any atom is 0.417 e. The Hall–Kier alpha value is -2.05. The molecule has 0 aliphatic rings. The summed E-state index contributed by atoms with van der Waals surface area (Å²) >= 11 is 0.152. The van der Waals surface area contributed by atoms with Crippen molar-refractivity contribution in [2.24, 2.45) is 0 Å². The van der Waals surface area contributed by atoms with Crippen LogP contribution in [0.25, 0.3) is 0 Å². The van der Waals surface area contributed by atoms with Crippen molar-refractivity contribution in [2.45, 2.75) is 34.5 Å². The molecule has 160 valence electrons. The number of rotatable bonds is 2. The zero-order chi connectivity index (χ0) is 22.4. The first-order valence-electron chi connectivity index (χ1n) is 7.15. The third-order valence-corrected chi connectivity index (χ3v) is 4.42. The molecule has 0 fully saturated rings. The van der Waals surface area contributed by atoms with Gasteiger partial charge in [0, 0.05) is 9.79 Å². The zero-order valence-electron chi connectivity index (χ0n) is 13.4. The predicted octanol–water partition coefficient (Wildman–Crippen LogP) is 7.91. The van der Waals surface area contributed by atoms with Gasteiger partial charge in [-0.3, -0.25) is 0 Å². The molecule has 2 aromatic carbocycles. The minimum atomic E-state index is -5.42. The van der Waals surface area contributed by atoms with Crippen molar-refractivity contribution in [1.29, 1.82) is 0 Å².